The van der Waals surface area contributed by atoms with Crippen molar-refractivity contribution in [1.29, 1.82) is 0 Å². The Morgan fingerprint density at radius 1 is 0.967 bits per heavy atom. The quantitative estimate of drug-likeness (QED) is 0.307. The Labute approximate surface area is 187 Å². The van der Waals surface area contributed by atoms with E-state index in [1.165, 1.54) is 0 Å². The fourth-order valence-corrected chi connectivity index (χ4v) is 9.61. The van der Waals surface area contributed by atoms with Crippen molar-refractivity contribution in [2.24, 2.45) is 0 Å². The summed E-state index contributed by atoms with van der Waals surface area (Å²) in [6, 6.07) is 16.5. The molecule has 2 rings (SSSR count). The molecule has 2 aromatic rings. The second-order valence-corrected chi connectivity index (χ2v) is 14.2. The molecule has 0 saturated carbocycles. The van der Waals surface area contributed by atoms with Gasteiger partial charge in [0, 0.05) is 0 Å². The molecular weight excluding hydrogens is 519 g/mol. The predicted octanol–water partition coefficient (Wildman–Crippen LogP) is 5.01. The minimum absolute atomic E-state index is 0.0153. The maximum atomic E-state index is 12.4. The predicted molar refractivity (Wildman–Crippen MR) is 125 cm³/mol. The molecule has 0 bridgehead atoms. The average molecular weight is 548 g/mol. The summed E-state index contributed by atoms with van der Waals surface area (Å²) in [4.78, 5) is 11.8. The molecule has 6 nitrogen and oxygen atoms in total. The van der Waals surface area contributed by atoms with Gasteiger partial charge in [0.2, 0.25) is 0 Å². The van der Waals surface area contributed by atoms with E-state index >= 15 is 0 Å². The number of halogens is 1. The average Bonchev–Trinajstić information content (AvgIpc) is 2.69. The van der Waals surface area contributed by atoms with Crippen LogP contribution in [0.3, 0.4) is 0 Å². The van der Waals surface area contributed by atoms with Gasteiger partial charge in [-0.25, -0.2) is 0 Å². The van der Waals surface area contributed by atoms with Gasteiger partial charge < -0.3 is 0 Å². The summed E-state index contributed by atoms with van der Waals surface area (Å²) in [5.41, 5.74) is -0.569. The number of rotatable bonds is 10. The SMILES string of the molecule is CCCCS(=O)(=O)OI(c1ccccc1)c1ccc(OCC(=O)OC(C)(C)C)cc1. The van der Waals surface area contributed by atoms with Crippen molar-refractivity contribution in [1.82, 2.24) is 0 Å². The summed E-state index contributed by atoms with van der Waals surface area (Å²) >= 11 is -2.66. The van der Waals surface area contributed by atoms with Gasteiger partial charge in [-0.1, -0.05) is 0 Å². The van der Waals surface area contributed by atoms with Crippen molar-refractivity contribution in [3.63, 3.8) is 0 Å². The van der Waals surface area contributed by atoms with Crippen LogP contribution in [-0.2, 0) is 22.2 Å². The Kier molecular flexibility index (Phi) is 9.11. The molecule has 0 amide bonds. The van der Waals surface area contributed by atoms with Gasteiger partial charge in [0.15, 0.2) is 0 Å². The van der Waals surface area contributed by atoms with Gasteiger partial charge in [-0.05, 0) is 0 Å². The van der Waals surface area contributed by atoms with Crippen LogP contribution in [0.15, 0.2) is 54.6 Å². The molecule has 0 saturated heterocycles. The van der Waals surface area contributed by atoms with Crippen LogP contribution in [0.2, 0.25) is 0 Å². The summed E-state index contributed by atoms with van der Waals surface area (Å²) in [5, 5.41) is 0. The van der Waals surface area contributed by atoms with Gasteiger partial charge in [-0.2, -0.15) is 0 Å². The Hall–Kier alpha value is -1.65. The molecule has 0 aromatic heterocycles. The summed E-state index contributed by atoms with van der Waals surface area (Å²) in [6.45, 7) is 7.13. The number of unbranched alkanes of at least 4 members (excludes halogenated alkanes) is 1. The second kappa shape index (κ2) is 11.1. The molecule has 0 unspecified atom stereocenters. The molecule has 0 heterocycles. The van der Waals surface area contributed by atoms with Crippen LogP contribution in [0.25, 0.3) is 0 Å². The van der Waals surface area contributed by atoms with Crippen LogP contribution in [0.1, 0.15) is 40.5 Å². The first-order valence-electron chi connectivity index (χ1n) is 9.72. The minimum atomic E-state index is -3.61. The van der Waals surface area contributed by atoms with Gasteiger partial charge in [-0.3, -0.25) is 0 Å². The van der Waals surface area contributed by atoms with E-state index in [0.717, 1.165) is 13.6 Å². The molecule has 0 fully saturated rings. The molecule has 0 aliphatic carbocycles. The van der Waals surface area contributed by atoms with Crippen molar-refractivity contribution in [2.75, 3.05) is 12.4 Å². The molecule has 2 aromatic carbocycles. The van der Waals surface area contributed by atoms with E-state index in [9.17, 15) is 13.2 Å². The molecule has 8 heteroatoms. The fraction of sp³-hybridized carbons (Fsp3) is 0.409. The summed E-state index contributed by atoms with van der Waals surface area (Å²) in [5.74, 6) is 0.0680. The van der Waals surface area contributed by atoms with Crippen molar-refractivity contribution in [3.05, 3.63) is 61.7 Å². The third kappa shape index (κ3) is 8.61. The molecule has 0 spiro atoms. The number of benzene rings is 2. The van der Waals surface area contributed by atoms with Gasteiger partial charge in [0.05, 0.1) is 0 Å². The van der Waals surface area contributed by atoms with Crippen LogP contribution in [-0.4, -0.2) is 32.3 Å². The first kappa shape index (κ1) is 24.6. The first-order valence-corrected chi connectivity index (χ1v) is 14.3. The molecule has 0 N–H and O–H groups in total. The van der Waals surface area contributed by atoms with Gasteiger partial charge >= 0.3 is 188 Å². The Balaban J connectivity index is 2.14. The Morgan fingerprint density at radius 3 is 2.13 bits per heavy atom. The van der Waals surface area contributed by atoms with E-state index in [0.29, 0.717) is 12.2 Å². The molecular formula is C22H29IO6S. The number of carbonyl (C=O) groups excluding carboxylic acids is 1. The van der Waals surface area contributed by atoms with Crippen LogP contribution in [0, 0.1) is 7.14 Å². The fourth-order valence-electron chi connectivity index (χ4n) is 2.33. The zero-order chi connectivity index (χ0) is 22.2. The zero-order valence-electron chi connectivity index (χ0n) is 17.8. The van der Waals surface area contributed by atoms with E-state index in [4.69, 9.17) is 12.0 Å². The number of hydrogen-bond acceptors (Lipinski definition) is 6. The number of esters is 1. The van der Waals surface area contributed by atoms with Crippen LogP contribution < -0.4 is 4.74 Å². The van der Waals surface area contributed by atoms with Gasteiger partial charge in [-0.15, -0.1) is 0 Å². The third-order valence-electron chi connectivity index (χ3n) is 3.63. The molecule has 0 radical (unpaired) electrons. The second-order valence-electron chi connectivity index (χ2n) is 7.55. The Bertz CT molecular complexity index is 905. The number of hydrogen-bond donors (Lipinski definition) is 0. The van der Waals surface area contributed by atoms with Crippen molar-refractivity contribution in [2.45, 2.75) is 46.1 Å². The van der Waals surface area contributed by atoms with E-state index in [1.807, 2.05) is 37.3 Å². The van der Waals surface area contributed by atoms with Gasteiger partial charge in [0.1, 0.15) is 0 Å². The van der Waals surface area contributed by atoms with E-state index in [2.05, 4.69) is 0 Å². The molecule has 166 valence electrons. The van der Waals surface area contributed by atoms with Crippen LogP contribution in [0.5, 0.6) is 5.75 Å². The monoisotopic (exact) mass is 548 g/mol. The summed E-state index contributed by atoms with van der Waals surface area (Å²) in [7, 11) is -3.61. The number of carbonyl (C=O) groups is 1. The van der Waals surface area contributed by atoms with Crippen molar-refractivity contribution < 1.29 is 25.2 Å². The Morgan fingerprint density at radius 2 is 1.57 bits per heavy atom. The van der Waals surface area contributed by atoms with Crippen molar-refractivity contribution >= 4 is 36.3 Å². The normalized spacial score (nSPS) is 12.3. The van der Waals surface area contributed by atoms with E-state index < -0.39 is 41.9 Å². The van der Waals surface area contributed by atoms with Gasteiger partial charge in [0.25, 0.3) is 0 Å². The van der Waals surface area contributed by atoms with Crippen LogP contribution in [0.4, 0.5) is 0 Å². The maximum absolute atomic E-state index is 12.4. The number of ether oxygens (including phenoxy) is 2. The topological polar surface area (TPSA) is 78.9 Å². The molecule has 30 heavy (non-hydrogen) atoms. The van der Waals surface area contributed by atoms with E-state index in [-0.39, 0.29) is 12.4 Å². The van der Waals surface area contributed by atoms with Crippen molar-refractivity contribution in [3.8, 4) is 5.75 Å². The molecule has 0 atom stereocenters. The van der Waals surface area contributed by atoms with E-state index in [1.54, 1.807) is 45.0 Å². The van der Waals surface area contributed by atoms with Crippen LogP contribution >= 0.6 is 20.2 Å². The summed E-state index contributed by atoms with van der Waals surface area (Å²) < 4.78 is 43.0. The zero-order valence-corrected chi connectivity index (χ0v) is 20.7. The standard InChI is InChI=1S/C22H29IO6S/c1-5-6-16-30(25,26)29-23(18-10-8-7-9-11-18)19-12-14-20(15-13-19)27-17-21(24)28-22(2,3)4/h7-15H,5-6,16-17H2,1-4H3. The molecule has 0 aliphatic heterocycles. The first-order chi connectivity index (χ1) is 14.1. The molecule has 0 aliphatic rings. The third-order valence-corrected chi connectivity index (χ3v) is 11.2. The summed E-state index contributed by atoms with van der Waals surface area (Å²) in [6.07, 6.45) is 1.35.